The number of imidazole rings is 1. The van der Waals surface area contributed by atoms with Crippen LogP contribution in [0.1, 0.15) is 5.56 Å². The molecule has 3 aromatic rings. The molecule has 2 aromatic heterocycles. The summed E-state index contributed by atoms with van der Waals surface area (Å²) in [5.74, 6) is 0.675. The number of benzene rings is 1. The number of anilines is 1. The second kappa shape index (κ2) is 10.3. The predicted octanol–water partition coefficient (Wildman–Crippen LogP) is 0.887. The molecule has 1 saturated heterocycles. The number of methoxy groups -OCH3 is 1. The SMILES string of the molecule is COCCNC(=S)N1CCN(c2nc3c(c(=O)n(C)c(=O)n3C)n2Cc2ccc(Br)cc2)CC1. The molecule has 1 aliphatic heterocycles. The van der Waals surface area contributed by atoms with E-state index in [1.807, 2.05) is 28.8 Å². The Morgan fingerprint density at radius 1 is 1.12 bits per heavy atom. The van der Waals surface area contributed by atoms with Gasteiger partial charge in [-0.1, -0.05) is 28.1 Å². The first-order valence-electron chi connectivity index (χ1n) is 11.0. The van der Waals surface area contributed by atoms with Crippen LogP contribution in [0.25, 0.3) is 11.2 Å². The molecule has 0 amide bonds. The van der Waals surface area contributed by atoms with Crippen molar-refractivity contribution in [3.8, 4) is 0 Å². The summed E-state index contributed by atoms with van der Waals surface area (Å²) in [6.45, 7) is 4.52. The van der Waals surface area contributed by atoms with Crippen LogP contribution in [-0.2, 0) is 25.4 Å². The van der Waals surface area contributed by atoms with Gasteiger partial charge in [0, 0.05) is 58.4 Å². The number of nitrogens with zero attached hydrogens (tertiary/aromatic N) is 6. The van der Waals surface area contributed by atoms with Gasteiger partial charge in [-0.25, -0.2) is 4.79 Å². The Hall–Kier alpha value is -2.70. The first-order chi connectivity index (χ1) is 16.3. The molecule has 34 heavy (non-hydrogen) atoms. The first-order valence-corrected chi connectivity index (χ1v) is 12.2. The summed E-state index contributed by atoms with van der Waals surface area (Å²) in [6, 6.07) is 7.96. The number of aryl methyl sites for hydroxylation is 1. The maximum absolute atomic E-state index is 13.1. The van der Waals surface area contributed by atoms with E-state index in [9.17, 15) is 9.59 Å². The molecule has 0 atom stereocenters. The van der Waals surface area contributed by atoms with Crippen molar-refractivity contribution < 1.29 is 4.74 Å². The summed E-state index contributed by atoms with van der Waals surface area (Å²) in [6.07, 6.45) is 0. The lowest BCUT2D eigenvalue weighted by Crippen LogP contribution is -2.52. The summed E-state index contributed by atoms with van der Waals surface area (Å²) in [4.78, 5) is 34.8. The molecule has 182 valence electrons. The lowest BCUT2D eigenvalue weighted by Gasteiger charge is -2.36. The smallest absolute Gasteiger partial charge is 0.332 e. The Balaban J connectivity index is 1.68. The van der Waals surface area contributed by atoms with E-state index in [2.05, 4.69) is 31.0 Å². The van der Waals surface area contributed by atoms with E-state index in [1.165, 1.54) is 11.6 Å². The van der Waals surface area contributed by atoms with Gasteiger partial charge in [0.2, 0.25) is 5.95 Å². The monoisotopic (exact) mass is 549 g/mol. The van der Waals surface area contributed by atoms with Crippen LogP contribution < -0.4 is 21.5 Å². The normalized spacial score (nSPS) is 14.1. The number of hydrogen-bond donors (Lipinski definition) is 1. The fraction of sp³-hybridized carbons (Fsp3) is 0.455. The Morgan fingerprint density at radius 3 is 2.44 bits per heavy atom. The summed E-state index contributed by atoms with van der Waals surface area (Å²) in [7, 11) is 4.80. The van der Waals surface area contributed by atoms with Crippen LogP contribution in [0.2, 0.25) is 0 Å². The molecule has 10 nitrogen and oxygen atoms in total. The van der Waals surface area contributed by atoms with Gasteiger partial charge in [-0.2, -0.15) is 4.98 Å². The highest BCUT2D eigenvalue weighted by Crippen LogP contribution is 2.23. The Labute approximate surface area is 210 Å². The van der Waals surface area contributed by atoms with Crippen molar-refractivity contribution in [1.29, 1.82) is 0 Å². The van der Waals surface area contributed by atoms with Crippen molar-refractivity contribution in [1.82, 2.24) is 28.9 Å². The second-order valence-corrected chi connectivity index (χ2v) is 9.50. The average Bonchev–Trinajstić information content (AvgIpc) is 3.22. The topological polar surface area (TPSA) is 89.6 Å². The van der Waals surface area contributed by atoms with E-state index in [1.54, 1.807) is 14.2 Å². The number of ether oxygens (including phenoxy) is 1. The van der Waals surface area contributed by atoms with Gasteiger partial charge in [0.15, 0.2) is 16.3 Å². The first kappa shape index (κ1) is 24.4. The number of aromatic nitrogens is 4. The highest BCUT2D eigenvalue weighted by Gasteiger charge is 2.26. The molecule has 0 unspecified atom stereocenters. The van der Waals surface area contributed by atoms with Crippen LogP contribution in [0.15, 0.2) is 38.3 Å². The third-order valence-corrected chi connectivity index (χ3v) is 6.95. The Bertz CT molecular complexity index is 1310. The van der Waals surface area contributed by atoms with E-state index < -0.39 is 5.69 Å². The molecule has 1 aromatic carbocycles. The van der Waals surface area contributed by atoms with Gasteiger partial charge in [0.05, 0.1) is 13.2 Å². The molecule has 1 aliphatic rings. The van der Waals surface area contributed by atoms with Crippen molar-refractivity contribution in [3.63, 3.8) is 0 Å². The number of rotatable bonds is 6. The zero-order valence-electron chi connectivity index (χ0n) is 19.5. The fourth-order valence-corrected chi connectivity index (χ4v) is 4.63. The maximum atomic E-state index is 13.1. The quantitative estimate of drug-likeness (QED) is 0.358. The van der Waals surface area contributed by atoms with Crippen LogP contribution in [0.5, 0.6) is 0 Å². The van der Waals surface area contributed by atoms with E-state index in [-0.39, 0.29) is 5.56 Å². The molecule has 1 fully saturated rings. The van der Waals surface area contributed by atoms with E-state index in [0.717, 1.165) is 27.7 Å². The van der Waals surface area contributed by atoms with Gasteiger partial charge >= 0.3 is 5.69 Å². The van der Waals surface area contributed by atoms with Crippen molar-refractivity contribution in [2.45, 2.75) is 6.54 Å². The zero-order chi connectivity index (χ0) is 24.4. The van der Waals surface area contributed by atoms with Crippen molar-refractivity contribution >= 4 is 50.4 Å². The zero-order valence-corrected chi connectivity index (χ0v) is 21.9. The summed E-state index contributed by atoms with van der Waals surface area (Å²) in [5.41, 5.74) is 1.09. The minimum Gasteiger partial charge on any atom is -0.383 e. The Morgan fingerprint density at radius 2 is 1.79 bits per heavy atom. The maximum Gasteiger partial charge on any atom is 0.332 e. The molecule has 0 spiro atoms. The molecule has 1 N–H and O–H groups in total. The molecule has 4 rings (SSSR count). The van der Waals surface area contributed by atoms with Crippen LogP contribution in [0, 0.1) is 0 Å². The van der Waals surface area contributed by atoms with Gasteiger partial charge in [-0.05, 0) is 29.9 Å². The van der Waals surface area contributed by atoms with Gasteiger partial charge in [-0.15, -0.1) is 0 Å². The van der Waals surface area contributed by atoms with E-state index in [0.29, 0.717) is 55.0 Å². The summed E-state index contributed by atoms with van der Waals surface area (Å²) in [5, 5.41) is 3.92. The van der Waals surface area contributed by atoms with Crippen LogP contribution >= 0.6 is 28.1 Å². The molecular formula is C22H28BrN7O3S. The molecule has 12 heteroatoms. The van der Waals surface area contributed by atoms with Crippen molar-refractivity contribution in [2.24, 2.45) is 14.1 Å². The van der Waals surface area contributed by atoms with Crippen LogP contribution in [0.4, 0.5) is 5.95 Å². The number of nitrogens with one attached hydrogen (secondary N) is 1. The number of piperazine rings is 1. The lowest BCUT2D eigenvalue weighted by atomic mass is 10.2. The highest BCUT2D eigenvalue weighted by atomic mass is 79.9. The number of hydrogen-bond acceptors (Lipinski definition) is 6. The number of thiocarbonyl (C=S) groups is 1. The second-order valence-electron chi connectivity index (χ2n) is 8.20. The molecular weight excluding hydrogens is 522 g/mol. The summed E-state index contributed by atoms with van der Waals surface area (Å²) < 4.78 is 10.5. The van der Waals surface area contributed by atoms with Gasteiger partial charge in [0.25, 0.3) is 5.56 Å². The van der Waals surface area contributed by atoms with Crippen LogP contribution in [-0.4, -0.2) is 75.1 Å². The Kier molecular flexibility index (Phi) is 7.39. The van der Waals surface area contributed by atoms with Gasteiger partial charge in [-0.3, -0.25) is 18.5 Å². The molecule has 0 saturated carbocycles. The molecule has 0 bridgehead atoms. The minimum absolute atomic E-state index is 0.351. The molecule has 3 heterocycles. The van der Waals surface area contributed by atoms with Gasteiger partial charge < -0.3 is 19.9 Å². The average molecular weight is 550 g/mol. The van der Waals surface area contributed by atoms with Gasteiger partial charge in [0.1, 0.15) is 0 Å². The minimum atomic E-state index is -0.394. The number of halogens is 1. The van der Waals surface area contributed by atoms with E-state index >= 15 is 0 Å². The standard InChI is InChI=1S/C22H28BrN7O3S/c1-26-18-17(19(31)27(2)22(26)32)30(14-15-4-6-16(23)7-5-15)20(25-18)28-9-11-29(12-10-28)21(34)24-8-13-33-3/h4-7H,8-14H2,1-3H3,(H,24,34). The molecule has 0 aliphatic carbocycles. The van der Waals surface area contributed by atoms with Crippen molar-refractivity contribution in [3.05, 3.63) is 55.1 Å². The van der Waals surface area contributed by atoms with E-state index in [4.69, 9.17) is 21.9 Å². The third-order valence-electron chi connectivity index (χ3n) is 6.01. The fourth-order valence-electron chi connectivity index (χ4n) is 4.08. The highest BCUT2D eigenvalue weighted by molar-refractivity contribution is 9.10. The third kappa shape index (κ3) is 4.75. The number of fused-ring (bicyclic) bond motifs is 1. The van der Waals surface area contributed by atoms with Crippen LogP contribution in [0.3, 0.4) is 0 Å². The van der Waals surface area contributed by atoms with Crippen molar-refractivity contribution in [2.75, 3.05) is 51.3 Å². The molecule has 0 radical (unpaired) electrons. The largest absolute Gasteiger partial charge is 0.383 e. The lowest BCUT2D eigenvalue weighted by molar-refractivity contribution is 0.202. The summed E-state index contributed by atoms with van der Waals surface area (Å²) >= 11 is 8.98. The predicted molar refractivity (Wildman–Crippen MR) is 140 cm³/mol.